The predicted octanol–water partition coefficient (Wildman–Crippen LogP) is 9.20. The van der Waals surface area contributed by atoms with Gasteiger partial charge in [0.05, 0.1) is 36.2 Å². The molecule has 0 aliphatic carbocycles. The second kappa shape index (κ2) is 7.11. The minimum atomic E-state index is 0.0639. The molecule has 0 N–H and O–H groups in total. The molecule has 0 saturated heterocycles. The van der Waals surface area contributed by atoms with Crippen LogP contribution in [-0.2, 0) is 5.41 Å². The van der Waals surface area contributed by atoms with Gasteiger partial charge in [0.25, 0.3) is 0 Å². The summed E-state index contributed by atoms with van der Waals surface area (Å²) in [6, 6.07) is 26.3. The number of nitrogens with zero attached hydrogens (tertiary/aromatic N) is 1. The fourth-order valence-electron chi connectivity index (χ4n) is 6.29. The summed E-state index contributed by atoms with van der Waals surface area (Å²) in [6.07, 6.45) is 0. The summed E-state index contributed by atoms with van der Waals surface area (Å²) in [6.45, 7) is 6.79. The Morgan fingerprint density at radius 1 is 0.632 bits per heavy atom. The maximum atomic E-state index is 6.25. The highest BCUT2D eigenvalue weighted by Gasteiger charge is 2.23. The number of benzene rings is 5. The number of fused-ring (bicyclic) bond motifs is 10. The Hall–Kier alpha value is -4.44. The first-order chi connectivity index (χ1) is 18.4. The van der Waals surface area contributed by atoms with Crippen molar-refractivity contribution in [3.05, 3.63) is 78.4 Å². The molecule has 0 spiro atoms. The monoisotopic (exact) mass is 497 g/mol. The molecule has 3 aromatic heterocycles. The van der Waals surface area contributed by atoms with E-state index in [1.807, 2.05) is 12.1 Å². The Morgan fingerprint density at radius 2 is 1.39 bits per heavy atom. The van der Waals surface area contributed by atoms with Gasteiger partial charge in [-0.1, -0.05) is 26.8 Å². The second-order valence-corrected chi connectivity index (χ2v) is 11.4. The lowest BCUT2D eigenvalue weighted by Gasteiger charge is -2.19. The van der Waals surface area contributed by atoms with E-state index in [1.54, 1.807) is 14.2 Å². The van der Waals surface area contributed by atoms with Crippen LogP contribution in [0.4, 0.5) is 0 Å². The first kappa shape index (κ1) is 21.6. The van der Waals surface area contributed by atoms with Crippen LogP contribution in [-0.4, -0.2) is 18.6 Å². The van der Waals surface area contributed by atoms with E-state index in [-0.39, 0.29) is 5.41 Å². The third-order valence-electron chi connectivity index (χ3n) is 8.24. The Morgan fingerprint density at radius 3 is 2.18 bits per heavy atom. The van der Waals surface area contributed by atoms with E-state index < -0.39 is 0 Å². The molecule has 4 heteroatoms. The standard InChI is InChI=1S/C34H27NO3/c1-34(2,3)20-6-10-27-26(16-20)32-29(37-5)11-9-23-24-12-19-15-30-25(13-18(19)14-28(24)35(27)33(23)32)22-8-7-21(36-4)17-31(22)38-30/h6-17H,1-5H3. The molecular weight excluding hydrogens is 470 g/mol. The Kier molecular flexibility index (Phi) is 4.04. The largest absolute Gasteiger partial charge is 0.497 e. The van der Waals surface area contributed by atoms with Gasteiger partial charge in [0.2, 0.25) is 0 Å². The number of ether oxygens (including phenoxy) is 2. The predicted molar refractivity (Wildman–Crippen MR) is 158 cm³/mol. The molecule has 0 fully saturated rings. The van der Waals surface area contributed by atoms with E-state index in [0.717, 1.165) is 38.8 Å². The molecule has 8 rings (SSSR count). The average Bonchev–Trinajstić information content (AvgIpc) is 3.55. The lowest BCUT2D eigenvalue weighted by molar-refractivity contribution is 0.414. The molecule has 0 saturated carbocycles. The zero-order chi connectivity index (χ0) is 25.9. The average molecular weight is 498 g/mol. The van der Waals surface area contributed by atoms with Crippen LogP contribution in [0.15, 0.2) is 77.2 Å². The third kappa shape index (κ3) is 2.70. The van der Waals surface area contributed by atoms with Gasteiger partial charge in [-0.3, -0.25) is 0 Å². The molecule has 0 bridgehead atoms. The highest BCUT2D eigenvalue weighted by Crippen LogP contribution is 2.45. The fraction of sp³-hybridized carbons (Fsp3) is 0.176. The molecule has 0 aliphatic rings. The number of hydrogen-bond acceptors (Lipinski definition) is 3. The highest BCUT2D eigenvalue weighted by atomic mass is 16.5. The molecule has 0 aliphatic heterocycles. The molecular formula is C34H27NO3. The topological polar surface area (TPSA) is 36.0 Å². The van der Waals surface area contributed by atoms with Crippen molar-refractivity contribution in [2.45, 2.75) is 26.2 Å². The van der Waals surface area contributed by atoms with Gasteiger partial charge in [-0.05, 0) is 82.4 Å². The van der Waals surface area contributed by atoms with Crippen LogP contribution in [0.5, 0.6) is 11.5 Å². The van der Waals surface area contributed by atoms with E-state index in [9.17, 15) is 0 Å². The van der Waals surface area contributed by atoms with Crippen LogP contribution in [0.3, 0.4) is 0 Å². The SMILES string of the molecule is COc1ccc2c(c1)oc1cc3cc4c5ccc(OC)c6c7cc(C(C)(C)C)ccc7n(c4cc3cc12)c56. The summed E-state index contributed by atoms with van der Waals surface area (Å²) in [7, 11) is 3.44. The van der Waals surface area contributed by atoms with Gasteiger partial charge in [0, 0.05) is 33.0 Å². The van der Waals surface area contributed by atoms with Crippen LogP contribution in [0.2, 0.25) is 0 Å². The van der Waals surface area contributed by atoms with Crippen molar-refractivity contribution in [1.82, 2.24) is 4.40 Å². The molecule has 0 atom stereocenters. The maximum absolute atomic E-state index is 6.25. The van der Waals surface area contributed by atoms with Gasteiger partial charge in [-0.25, -0.2) is 0 Å². The van der Waals surface area contributed by atoms with Crippen molar-refractivity contribution in [3.63, 3.8) is 0 Å². The number of rotatable bonds is 2. The number of methoxy groups -OCH3 is 2. The van der Waals surface area contributed by atoms with Crippen molar-refractivity contribution in [3.8, 4) is 11.5 Å². The van der Waals surface area contributed by atoms with Crippen molar-refractivity contribution >= 4 is 70.8 Å². The molecule has 38 heavy (non-hydrogen) atoms. The molecule has 186 valence electrons. The smallest absolute Gasteiger partial charge is 0.139 e. The van der Waals surface area contributed by atoms with Gasteiger partial charge in [-0.15, -0.1) is 0 Å². The highest BCUT2D eigenvalue weighted by molar-refractivity contribution is 6.26. The lowest BCUT2D eigenvalue weighted by atomic mass is 9.86. The van der Waals surface area contributed by atoms with E-state index in [0.29, 0.717) is 0 Å². The minimum Gasteiger partial charge on any atom is -0.497 e. The molecule has 0 unspecified atom stereocenters. The van der Waals surface area contributed by atoms with Crippen LogP contribution >= 0.6 is 0 Å². The van der Waals surface area contributed by atoms with Gasteiger partial charge in [-0.2, -0.15) is 0 Å². The molecule has 8 aromatic rings. The summed E-state index contributed by atoms with van der Waals surface area (Å²) in [4.78, 5) is 0. The summed E-state index contributed by atoms with van der Waals surface area (Å²) in [5, 5.41) is 9.46. The first-order valence-corrected chi connectivity index (χ1v) is 13.0. The van der Waals surface area contributed by atoms with Crippen molar-refractivity contribution in [2.24, 2.45) is 0 Å². The quantitative estimate of drug-likeness (QED) is 0.239. The van der Waals surface area contributed by atoms with E-state index in [1.165, 1.54) is 49.0 Å². The Labute approximate surface area is 219 Å². The second-order valence-electron chi connectivity index (χ2n) is 11.4. The van der Waals surface area contributed by atoms with Gasteiger partial charge < -0.3 is 18.3 Å². The van der Waals surface area contributed by atoms with E-state index in [4.69, 9.17) is 13.9 Å². The summed E-state index contributed by atoms with van der Waals surface area (Å²) in [5.41, 5.74) is 6.75. The van der Waals surface area contributed by atoms with E-state index >= 15 is 0 Å². The van der Waals surface area contributed by atoms with Crippen LogP contribution in [0.25, 0.3) is 70.8 Å². The zero-order valence-corrected chi connectivity index (χ0v) is 22.1. The minimum absolute atomic E-state index is 0.0639. The summed E-state index contributed by atoms with van der Waals surface area (Å²) < 4.78 is 20.0. The summed E-state index contributed by atoms with van der Waals surface area (Å²) >= 11 is 0. The lowest BCUT2D eigenvalue weighted by Crippen LogP contribution is -2.10. The summed E-state index contributed by atoms with van der Waals surface area (Å²) in [5.74, 6) is 1.71. The number of hydrogen-bond donors (Lipinski definition) is 0. The molecule has 0 radical (unpaired) electrons. The van der Waals surface area contributed by atoms with Gasteiger partial charge in [0.1, 0.15) is 22.7 Å². The molecule has 0 amide bonds. The number of furan rings is 1. The molecule has 5 aromatic carbocycles. The van der Waals surface area contributed by atoms with Crippen LogP contribution < -0.4 is 9.47 Å². The zero-order valence-electron chi connectivity index (χ0n) is 22.1. The van der Waals surface area contributed by atoms with Crippen molar-refractivity contribution in [2.75, 3.05) is 14.2 Å². The third-order valence-corrected chi connectivity index (χ3v) is 8.24. The van der Waals surface area contributed by atoms with Crippen molar-refractivity contribution < 1.29 is 13.9 Å². The molecule has 3 heterocycles. The number of aromatic nitrogens is 1. The fourth-order valence-corrected chi connectivity index (χ4v) is 6.29. The normalized spacial score (nSPS) is 12.9. The van der Waals surface area contributed by atoms with E-state index in [2.05, 4.69) is 85.8 Å². The van der Waals surface area contributed by atoms with Crippen molar-refractivity contribution in [1.29, 1.82) is 0 Å². The van der Waals surface area contributed by atoms with Crippen LogP contribution in [0.1, 0.15) is 26.3 Å². The Bertz CT molecular complexity index is 2240. The van der Waals surface area contributed by atoms with Gasteiger partial charge in [0.15, 0.2) is 0 Å². The Balaban J connectivity index is 1.51. The first-order valence-electron chi connectivity index (χ1n) is 13.0. The maximum Gasteiger partial charge on any atom is 0.139 e. The van der Waals surface area contributed by atoms with Crippen LogP contribution in [0, 0.1) is 0 Å². The molecule has 4 nitrogen and oxygen atoms in total. The van der Waals surface area contributed by atoms with Gasteiger partial charge >= 0.3 is 0 Å².